The molecule has 0 radical (unpaired) electrons. The van der Waals surface area contributed by atoms with Crippen molar-refractivity contribution in [3.63, 3.8) is 0 Å². The number of carbonyl (C=O) groups is 2. The Bertz CT molecular complexity index is 822. The molecule has 0 spiro atoms. The number of benzene rings is 2. The van der Waals surface area contributed by atoms with Gasteiger partial charge in [0.25, 0.3) is 11.8 Å². The molecule has 2 amide bonds. The second-order valence-electron chi connectivity index (χ2n) is 5.67. The van der Waals surface area contributed by atoms with Crippen LogP contribution >= 0.6 is 0 Å². The molecule has 2 heterocycles. The number of rotatable bonds is 3. The lowest BCUT2D eigenvalue weighted by Crippen LogP contribution is -2.39. The predicted molar refractivity (Wildman–Crippen MR) is 83.3 cm³/mol. The molecule has 0 N–H and O–H groups in total. The van der Waals surface area contributed by atoms with E-state index < -0.39 is 29.7 Å². The van der Waals surface area contributed by atoms with Gasteiger partial charge in [0.1, 0.15) is 5.82 Å². The zero-order valence-electron chi connectivity index (χ0n) is 12.5. The molecule has 2 aromatic carbocycles. The minimum atomic E-state index is -0.841. The molecule has 1 saturated heterocycles. The minimum absolute atomic E-state index is 0.343. The van der Waals surface area contributed by atoms with Crippen molar-refractivity contribution in [3.8, 4) is 0 Å². The number of hydrogen-bond donors (Lipinski definition) is 0. The van der Waals surface area contributed by atoms with E-state index in [9.17, 15) is 14.0 Å². The molecule has 4 rings (SSSR count). The molecule has 0 bridgehead atoms. The summed E-state index contributed by atoms with van der Waals surface area (Å²) in [5.41, 5.74) is 1.31. The molecule has 6 nitrogen and oxygen atoms in total. The third kappa shape index (κ3) is 2.25. The van der Waals surface area contributed by atoms with Gasteiger partial charge in [0, 0.05) is 0 Å². The molecule has 1 fully saturated rings. The Morgan fingerprint density at radius 2 is 1.67 bits per heavy atom. The van der Waals surface area contributed by atoms with E-state index in [0.717, 1.165) is 10.5 Å². The third-order valence-corrected chi connectivity index (χ3v) is 4.13. The van der Waals surface area contributed by atoms with Crippen molar-refractivity contribution in [2.45, 2.75) is 18.6 Å². The van der Waals surface area contributed by atoms with Crippen LogP contribution in [0.15, 0.2) is 64.9 Å². The Balaban J connectivity index is 1.61. The van der Waals surface area contributed by atoms with Gasteiger partial charge in [0.15, 0.2) is 12.1 Å². The predicted octanol–water partition coefficient (Wildman–Crippen LogP) is 2.32. The van der Waals surface area contributed by atoms with Crippen molar-refractivity contribution >= 4 is 17.5 Å². The highest BCUT2D eigenvalue weighted by Crippen LogP contribution is 2.32. The van der Waals surface area contributed by atoms with Crippen LogP contribution in [0.5, 0.6) is 0 Å². The monoisotopic (exact) mass is 324 g/mol. The number of fused-ring (bicyclic) bond motifs is 1. The first-order chi connectivity index (χ1) is 11.6. The van der Waals surface area contributed by atoms with Crippen LogP contribution in [-0.2, 0) is 16.1 Å². The standard InChI is InChI=1S/C17H13FN4O2/c18-12-6-8-13(9-7-12)22-16(23)14-15(17(22)24)21(20-19-14)10-11-4-2-1-3-5-11/h1-9,14-15H,10H2/t14-,15+/m1/s1. The highest BCUT2D eigenvalue weighted by molar-refractivity contribution is 6.25. The first-order valence-electron chi connectivity index (χ1n) is 7.50. The zero-order valence-corrected chi connectivity index (χ0v) is 12.5. The zero-order chi connectivity index (χ0) is 16.7. The van der Waals surface area contributed by atoms with E-state index in [1.54, 1.807) is 0 Å². The van der Waals surface area contributed by atoms with Crippen LogP contribution in [0.4, 0.5) is 10.1 Å². The number of nitrogens with zero attached hydrogens (tertiary/aromatic N) is 4. The van der Waals surface area contributed by atoms with Gasteiger partial charge < -0.3 is 0 Å². The molecule has 2 atom stereocenters. The molecule has 2 aliphatic heterocycles. The second-order valence-corrected chi connectivity index (χ2v) is 5.67. The van der Waals surface area contributed by atoms with Crippen LogP contribution in [0.3, 0.4) is 0 Å². The molecule has 2 aromatic rings. The van der Waals surface area contributed by atoms with Gasteiger partial charge in [0.2, 0.25) is 0 Å². The van der Waals surface area contributed by atoms with Crippen molar-refractivity contribution in [3.05, 3.63) is 66.0 Å². The fraction of sp³-hybridized carbons (Fsp3) is 0.176. The highest BCUT2D eigenvalue weighted by Gasteiger charge is 2.54. The van der Waals surface area contributed by atoms with Crippen LogP contribution in [0.25, 0.3) is 0 Å². The van der Waals surface area contributed by atoms with Crippen LogP contribution in [0.1, 0.15) is 5.56 Å². The fourth-order valence-electron chi connectivity index (χ4n) is 2.97. The van der Waals surface area contributed by atoms with Gasteiger partial charge in [-0.15, -0.1) is 0 Å². The Morgan fingerprint density at radius 3 is 2.38 bits per heavy atom. The molecule has 0 aromatic heterocycles. The van der Waals surface area contributed by atoms with Gasteiger partial charge >= 0.3 is 0 Å². The van der Waals surface area contributed by atoms with Crippen molar-refractivity contribution in [1.29, 1.82) is 0 Å². The van der Waals surface area contributed by atoms with Crippen LogP contribution in [0, 0.1) is 5.82 Å². The van der Waals surface area contributed by atoms with E-state index >= 15 is 0 Å². The minimum Gasteiger partial charge on any atom is -0.271 e. The van der Waals surface area contributed by atoms with E-state index in [4.69, 9.17) is 0 Å². The molecule has 0 saturated carbocycles. The largest absolute Gasteiger partial charge is 0.271 e. The second kappa shape index (κ2) is 5.52. The summed E-state index contributed by atoms with van der Waals surface area (Å²) in [4.78, 5) is 26.3. The summed E-state index contributed by atoms with van der Waals surface area (Å²) in [6.07, 6.45) is 0. The smallest absolute Gasteiger partial charge is 0.263 e. The first-order valence-corrected chi connectivity index (χ1v) is 7.50. The van der Waals surface area contributed by atoms with E-state index in [2.05, 4.69) is 10.3 Å². The molecule has 7 heteroatoms. The Labute approximate surface area is 137 Å². The van der Waals surface area contributed by atoms with E-state index in [1.807, 2.05) is 30.3 Å². The van der Waals surface area contributed by atoms with E-state index in [0.29, 0.717) is 12.2 Å². The quantitative estimate of drug-likeness (QED) is 0.814. The fourth-order valence-corrected chi connectivity index (χ4v) is 2.97. The number of halogens is 1. The Hall–Kier alpha value is -3.09. The van der Waals surface area contributed by atoms with Crippen molar-refractivity contribution in [2.75, 3.05) is 4.90 Å². The van der Waals surface area contributed by atoms with Gasteiger partial charge in [-0.25, -0.2) is 9.29 Å². The summed E-state index contributed by atoms with van der Waals surface area (Å²) >= 11 is 0. The maximum atomic E-state index is 13.1. The van der Waals surface area contributed by atoms with Crippen LogP contribution in [-0.4, -0.2) is 28.9 Å². The first kappa shape index (κ1) is 14.5. The van der Waals surface area contributed by atoms with Crippen molar-refractivity contribution < 1.29 is 14.0 Å². The van der Waals surface area contributed by atoms with E-state index in [-0.39, 0.29) is 0 Å². The summed E-state index contributed by atoms with van der Waals surface area (Å²) in [6, 6.07) is 13.2. The molecule has 0 unspecified atom stereocenters. The summed E-state index contributed by atoms with van der Waals surface area (Å²) in [7, 11) is 0. The summed E-state index contributed by atoms with van der Waals surface area (Å²) in [6.45, 7) is 0.391. The Kier molecular flexibility index (Phi) is 3.34. The molecular formula is C17H13FN4O2. The summed E-state index contributed by atoms with van der Waals surface area (Å²) in [5, 5.41) is 9.48. The maximum Gasteiger partial charge on any atom is 0.263 e. The van der Waals surface area contributed by atoms with Gasteiger partial charge in [0.05, 0.1) is 12.2 Å². The number of carbonyl (C=O) groups excluding carboxylic acids is 2. The lowest BCUT2D eigenvalue weighted by Gasteiger charge is -2.20. The van der Waals surface area contributed by atoms with E-state index in [1.165, 1.54) is 29.3 Å². The SMILES string of the molecule is O=C1[C@@H]2[C@@H](N=NN2Cc2ccccc2)C(=O)N1c1ccc(F)cc1. The number of imide groups is 1. The van der Waals surface area contributed by atoms with Gasteiger partial charge in [-0.2, -0.15) is 5.11 Å². The molecule has 2 aliphatic rings. The highest BCUT2D eigenvalue weighted by atomic mass is 19.1. The van der Waals surface area contributed by atoms with Crippen molar-refractivity contribution in [1.82, 2.24) is 5.01 Å². The average Bonchev–Trinajstić information content (AvgIpc) is 3.11. The van der Waals surface area contributed by atoms with Gasteiger partial charge in [-0.3, -0.25) is 14.6 Å². The summed E-state index contributed by atoms with van der Waals surface area (Å²) in [5.74, 6) is -1.25. The maximum absolute atomic E-state index is 13.1. The lowest BCUT2D eigenvalue weighted by molar-refractivity contribution is -0.123. The van der Waals surface area contributed by atoms with Crippen LogP contribution in [0.2, 0.25) is 0 Å². The average molecular weight is 324 g/mol. The topological polar surface area (TPSA) is 65.3 Å². The molecule has 120 valence electrons. The van der Waals surface area contributed by atoms with Crippen molar-refractivity contribution in [2.24, 2.45) is 10.3 Å². The van der Waals surface area contributed by atoms with Gasteiger partial charge in [-0.1, -0.05) is 35.6 Å². The third-order valence-electron chi connectivity index (χ3n) is 4.13. The lowest BCUT2D eigenvalue weighted by atomic mass is 10.1. The molecule has 0 aliphatic carbocycles. The molecule has 24 heavy (non-hydrogen) atoms. The summed E-state index contributed by atoms with van der Waals surface area (Å²) < 4.78 is 13.1. The normalized spacial score (nSPS) is 22.4. The van der Waals surface area contributed by atoms with Crippen LogP contribution < -0.4 is 4.90 Å². The number of hydrogen-bond acceptors (Lipinski definition) is 5. The Morgan fingerprint density at radius 1 is 0.958 bits per heavy atom. The molecular weight excluding hydrogens is 311 g/mol. The number of anilines is 1. The number of amides is 2. The van der Waals surface area contributed by atoms with Gasteiger partial charge in [-0.05, 0) is 29.8 Å².